The summed E-state index contributed by atoms with van der Waals surface area (Å²) in [7, 11) is 0. The van der Waals surface area contributed by atoms with Crippen LogP contribution in [0.2, 0.25) is 0 Å². The standard InChI is InChI=1S/C11H15FN2/c1-8-5-13-3-2-11(8)9-4-10(12)7-14-6-9/h4,6-8,11,13H,2-3,5H2,1H3. The minimum atomic E-state index is -0.228. The maximum atomic E-state index is 13.0. The minimum absolute atomic E-state index is 0.228. The van der Waals surface area contributed by atoms with E-state index in [1.807, 2.05) is 0 Å². The Labute approximate surface area is 83.6 Å². The van der Waals surface area contributed by atoms with Crippen LogP contribution < -0.4 is 5.32 Å². The van der Waals surface area contributed by atoms with Crippen LogP contribution in [0.15, 0.2) is 18.5 Å². The Morgan fingerprint density at radius 3 is 3.07 bits per heavy atom. The molecular formula is C11H15FN2. The van der Waals surface area contributed by atoms with Crippen LogP contribution in [0.1, 0.15) is 24.8 Å². The third-order valence-electron chi connectivity index (χ3n) is 2.94. The summed E-state index contributed by atoms with van der Waals surface area (Å²) in [6, 6.07) is 1.61. The third kappa shape index (κ3) is 1.93. The van der Waals surface area contributed by atoms with E-state index in [1.54, 1.807) is 12.3 Å². The SMILES string of the molecule is CC1CNCCC1c1cncc(F)c1. The summed E-state index contributed by atoms with van der Waals surface area (Å²) in [5.74, 6) is 0.792. The molecule has 0 spiro atoms. The van der Waals surface area contributed by atoms with Crippen LogP contribution in [-0.4, -0.2) is 18.1 Å². The molecule has 2 unspecified atom stereocenters. The second-order valence-electron chi connectivity index (χ2n) is 4.01. The lowest BCUT2D eigenvalue weighted by Gasteiger charge is -2.29. The summed E-state index contributed by atoms with van der Waals surface area (Å²) in [6.07, 6.45) is 4.12. The lowest BCUT2D eigenvalue weighted by atomic mass is 9.83. The van der Waals surface area contributed by atoms with E-state index in [0.717, 1.165) is 25.1 Å². The van der Waals surface area contributed by atoms with Crippen molar-refractivity contribution in [2.75, 3.05) is 13.1 Å². The molecular weight excluding hydrogens is 179 g/mol. The van der Waals surface area contributed by atoms with E-state index >= 15 is 0 Å². The van der Waals surface area contributed by atoms with Gasteiger partial charge in [0.25, 0.3) is 0 Å². The Kier molecular flexibility index (Phi) is 2.77. The molecule has 1 aromatic rings. The Balaban J connectivity index is 2.20. The monoisotopic (exact) mass is 194 g/mol. The molecule has 1 N–H and O–H groups in total. The number of aromatic nitrogens is 1. The number of hydrogen-bond acceptors (Lipinski definition) is 2. The first-order valence-corrected chi connectivity index (χ1v) is 5.08. The van der Waals surface area contributed by atoms with Gasteiger partial charge < -0.3 is 5.32 Å². The quantitative estimate of drug-likeness (QED) is 0.739. The van der Waals surface area contributed by atoms with Crippen LogP contribution in [-0.2, 0) is 0 Å². The van der Waals surface area contributed by atoms with E-state index in [9.17, 15) is 4.39 Å². The predicted octanol–water partition coefficient (Wildman–Crippen LogP) is 1.93. The van der Waals surface area contributed by atoms with Crippen LogP contribution >= 0.6 is 0 Å². The van der Waals surface area contributed by atoms with Gasteiger partial charge in [-0.15, -0.1) is 0 Å². The van der Waals surface area contributed by atoms with E-state index < -0.39 is 0 Å². The normalized spacial score (nSPS) is 27.6. The summed E-state index contributed by atoms with van der Waals surface area (Å²) in [5, 5.41) is 3.33. The zero-order valence-electron chi connectivity index (χ0n) is 8.33. The molecule has 0 bridgehead atoms. The zero-order chi connectivity index (χ0) is 9.97. The molecule has 1 aromatic heterocycles. The van der Waals surface area contributed by atoms with Crippen molar-refractivity contribution in [3.63, 3.8) is 0 Å². The average Bonchev–Trinajstić information content (AvgIpc) is 2.18. The zero-order valence-corrected chi connectivity index (χ0v) is 8.33. The highest BCUT2D eigenvalue weighted by Crippen LogP contribution is 2.29. The number of piperidine rings is 1. The molecule has 2 nitrogen and oxygen atoms in total. The van der Waals surface area contributed by atoms with Gasteiger partial charge in [-0.05, 0) is 43.0 Å². The van der Waals surface area contributed by atoms with Crippen LogP contribution in [0.4, 0.5) is 4.39 Å². The highest BCUT2D eigenvalue weighted by molar-refractivity contribution is 5.17. The molecule has 1 saturated heterocycles. The highest BCUT2D eigenvalue weighted by atomic mass is 19.1. The lowest BCUT2D eigenvalue weighted by molar-refractivity contribution is 0.348. The van der Waals surface area contributed by atoms with Crippen molar-refractivity contribution < 1.29 is 4.39 Å². The first-order chi connectivity index (χ1) is 6.77. The number of nitrogens with zero attached hydrogens (tertiary/aromatic N) is 1. The Morgan fingerprint density at radius 1 is 1.50 bits per heavy atom. The van der Waals surface area contributed by atoms with Crippen LogP contribution in [0.3, 0.4) is 0 Å². The fourth-order valence-electron chi connectivity index (χ4n) is 2.14. The number of rotatable bonds is 1. The van der Waals surface area contributed by atoms with Crippen LogP contribution in [0, 0.1) is 11.7 Å². The van der Waals surface area contributed by atoms with Gasteiger partial charge >= 0.3 is 0 Å². The Bertz CT molecular complexity index is 314. The lowest BCUT2D eigenvalue weighted by Crippen LogP contribution is -2.33. The number of pyridine rings is 1. The third-order valence-corrected chi connectivity index (χ3v) is 2.94. The van der Waals surface area contributed by atoms with Gasteiger partial charge in [-0.1, -0.05) is 6.92 Å². The summed E-state index contributed by atoms with van der Waals surface area (Å²) in [4.78, 5) is 3.90. The maximum absolute atomic E-state index is 13.0. The smallest absolute Gasteiger partial charge is 0.141 e. The second-order valence-corrected chi connectivity index (χ2v) is 4.01. The molecule has 2 rings (SSSR count). The van der Waals surface area contributed by atoms with E-state index in [0.29, 0.717) is 11.8 Å². The fourth-order valence-corrected chi connectivity index (χ4v) is 2.14. The van der Waals surface area contributed by atoms with Gasteiger partial charge in [0.2, 0.25) is 0 Å². The molecule has 0 aliphatic carbocycles. The molecule has 0 saturated carbocycles. The summed E-state index contributed by atoms with van der Waals surface area (Å²) >= 11 is 0. The van der Waals surface area contributed by atoms with E-state index in [-0.39, 0.29) is 5.82 Å². The molecule has 2 atom stereocenters. The molecule has 1 aliphatic heterocycles. The van der Waals surface area contributed by atoms with Crippen molar-refractivity contribution >= 4 is 0 Å². The maximum Gasteiger partial charge on any atom is 0.141 e. The first-order valence-electron chi connectivity index (χ1n) is 5.08. The number of halogens is 1. The molecule has 1 aliphatic rings. The van der Waals surface area contributed by atoms with Gasteiger partial charge in [0.15, 0.2) is 0 Å². The Hall–Kier alpha value is -0.960. The summed E-state index contributed by atoms with van der Waals surface area (Å²) in [5.41, 5.74) is 1.04. The topological polar surface area (TPSA) is 24.9 Å². The first kappa shape index (κ1) is 9.59. The molecule has 3 heteroatoms. The van der Waals surface area contributed by atoms with Crippen molar-refractivity contribution in [1.82, 2.24) is 10.3 Å². The van der Waals surface area contributed by atoms with E-state index in [4.69, 9.17) is 0 Å². The molecule has 0 aromatic carbocycles. The van der Waals surface area contributed by atoms with Crippen LogP contribution in [0.5, 0.6) is 0 Å². The predicted molar refractivity (Wildman–Crippen MR) is 53.6 cm³/mol. The summed E-state index contributed by atoms with van der Waals surface area (Å²) in [6.45, 7) is 4.23. The van der Waals surface area contributed by atoms with E-state index in [2.05, 4.69) is 17.2 Å². The Morgan fingerprint density at radius 2 is 2.36 bits per heavy atom. The molecule has 0 radical (unpaired) electrons. The van der Waals surface area contributed by atoms with Crippen molar-refractivity contribution in [3.8, 4) is 0 Å². The average molecular weight is 194 g/mol. The highest BCUT2D eigenvalue weighted by Gasteiger charge is 2.22. The molecule has 1 fully saturated rings. The van der Waals surface area contributed by atoms with Crippen molar-refractivity contribution in [1.29, 1.82) is 0 Å². The van der Waals surface area contributed by atoms with Gasteiger partial charge in [0.05, 0.1) is 6.20 Å². The van der Waals surface area contributed by atoms with Gasteiger partial charge in [-0.2, -0.15) is 0 Å². The number of hydrogen-bond donors (Lipinski definition) is 1. The molecule has 2 heterocycles. The van der Waals surface area contributed by atoms with E-state index in [1.165, 1.54) is 6.20 Å². The second kappa shape index (κ2) is 4.05. The molecule has 0 amide bonds. The van der Waals surface area contributed by atoms with Gasteiger partial charge in [-0.25, -0.2) is 4.39 Å². The van der Waals surface area contributed by atoms with Gasteiger partial charge in [-0.3, -0.25) is 4.98 Å². The fraction of sp³-hybridized carbons (Fsp3) is 0.545. The van der Waals surface area contributed by atoms with Gasteiger partial charge in [0.1, 0.15) is 5.82 Å². The number of nitrogens with one attached hydrogen (secondary N) is 1. The largest absolute Gasteiger partial charge is 0.316 e. The molecule has 14 heavy (non-hydrogen) atoms. The van der Waals surface area contributed by atoms with Crippen LogP contribution in [0.25, 0.3) is 0 Å². The minimum Gasteiger partial charge on any atom is -0.316 e. The van der Waals surface area contributed by atoms with Crippen molar-refractivity contribution in [2.24, 2.45) is 5.92 Å². The van der Waals surface area contributed by atoms with Crippen molar-refractivity contribution in [2.45, 2.75) is 19.3 Å². The van der Waals surface area contributed by atoms with Gasteiger partial charge in [0, 0.05) is 6.20 Å². The molecule has 76 valence electrons. The van der Waals surface area contributed by atoms with Crippen molar-refractivity contribution in [3.05, 3.63) is 29.8 Å². The summed E-state index contributed by atoms with van der Waals surface area (Å²) < 4.78 is 13.0.